The summed E-state index contributed by atoms with van der Waals surface area (Å²) in [7, 11) is -1.70. The molecule has 2 saturated heterocycles. The Kier molecular flexibility index (Phi) is 6.84. The molecular formula is C24H33N3O3S. The highest BCUT2D eigenvalue weighted by Crippen LogP contribution is 2.29. The van der Waals surface area contributed by atoms with Crippen molar-refractivity contribution in [1.29, 1.82) is 0 Å². The molecule has 0 spiro atoms. The van der Waals surface area contributed by atoms with Crippen LogP contribution in [0.3, 0.4) is 0 Å². The minimum atomic E-state index is -3.41. The monoisotopic (exact) mass is 443 g/mol. The van der Waals surface area contributed by atoms with Gasteiger partial charge in [-0.3, -0.25) is 4.90 Å². The van der Waals surface area contributed by atoms with Crippen molar-refractivity contribution < 1.29 is 13.2 Å². The molecule has 0 amide bonds. The first-order valence-electron chi connectivity index (χ1n) is 11.1. The second-order valence-corrected chi connectivity index (χ2v) is 10.6. The minimum absolute atomic E-state index is 0.381. The number of methoxy groups -OCH3 is 1. The summed E-state index contributed by atoms with van der Waals surface area (Å²) in [6, 6.07) is 15.4. The molecule has 2 aliphatic heterocycles. The highest BCUT2D eigenvalue weighted by Gasteiger charge is 2.31. The third kappa shape index (κ3) is 5.05. The van der Waals surface area contributed by atoms with Crippen LogP contribution in [0.4, 0.5) is 5.69 Å². The Balaban J connectivity index is 1.34. The molecule has 2 fully saturated rings. The van der Waals surface area contributed by atoms with Crippen molar-refractivity contribution >= 4 is 15.7 Å². The fraction of sp³-hybridized carbons (Fsp3) is 0.500. The Labute approximate surface area is 186 Å². The summed E-state index contributed by atoms with van der Waals surface area (Å²) >= 11 is 0. The van der Waals surface area contributed by atoms with Crippen molar-refractivity contribution in [2.75, 3.05) is 57.8 Å². The molecule has 0 bridgehead atoms. The summed E-state index contributed by atoms with van der Waals surface area (Å²) in [6.07, 6.45) is 2.02. The first kappa shape index (κ1) is 22.1. The van der Waals surface area contributed by atoms with Crippen LogP contribution in [0.25, 0.3) is 0 Å². The first-order valence-corrected chi connectivity index (χ1v) is 12.6. The molecule has 0 aliphatic carbocycles. The Bertz CT molecular complexity index is 970. The summed E-state index contributed by atoms with van der Waals surface area (Å²) < 4.78 is 33.4. The number of para-hydroxylation sites is 2. The van der Waals surface area contributed by atoms with E-state index in [9.17, 15) is 8.42 Å². The van der Waals surface area contributed by atoms with Gasteiger partial charge in [-0.05, 0) is 49.9 Å². The lowest BCUT2D eigenvalue weighted by Gasteiger charge is -2.40. The van der Waals surface area contributed by atoms with Crippen LogP contribution in [0.2, 0.25) is 0 Å². The number of piperazine rings is 1. The number of aryl methyl sites for hydroxylation is 1. The largest absolute Gasteiger partial charge is 0.495 e. The number of hydrogen-bond donors (Lipinski definition) is 0. The van der Waals surface area contributed by atoms with E-state index in [1.165, 1.54) is 0 Å². The van der Waals surface area contributed by atoms with Gasteiger partial charge in [0.1, 0.15) is 5.75 Å². The fourth-order valence-electron chi connectivity index (χ4n) is 4.68. The quantitative estimate of drug-likeness (QED) is 0.686. The van der Waals surface area contributed by atoms with E-state index in [0.717, 1.165) is 62.6 Å². The Hall–Kier alpha value is -2.09. The maximum absolute atomic E-state index is 13.1. The molecule has 1 unspecified atom stereocenters. The lowest BCUT2D eigenvalue weighted by molar-refractivity contribution is 0.171. The molecule has 168 valence electrons. The number of sulfonamides is 1. The molecule has 2 heterocycles. The average Bonchev–Trinajstić information content (AvgIpc) is 2.80. The molecule has 2 aromatic rings. The maximum Gasteiger partial charge on any atom is 0.243 e. The fourth-order valence-corrected chi connectivity index (χ4v) is 6.24. The molecule has 0 aromatic heterocycles. The molecule has 1 atom stereocenters. The zero-order valence-corrected chi connectivity index (χ0v) is 19.4. The molecule has 6 nitrogen and oxygen atoms in total. The predicted molar refractivity (Wildman–Crippen MR) is 124 cm³/mol. The van der Waals surface area contributed by atoms with Gasteiger partial charge in [0.25, 0.3) is 0 Å². The summed E-state index contributed by atoms with van der Waals surface area (Å²) in [4.78, 5) is 5.27. The van der Waals surface area contributed by atoms with E-state index in [1.807, 2.05) is 31.2 Å². The molecule has 0 saturated carbocycles. The summed E-state index contributed by atoms with van der Waals surface area (Å²) in [6.45, 7) is 8.05. The molecule has 4 rings (SSSR count). The van der Waals surface area contributed by atoms with Crippen molar-refractivity contribution in [2.45, 2.75) is 24.7 Å². The SMILES string of the molecule is COc1ccccc1N1CCN(CC2CCCN(S(=O)(=O)c3ccc(C)cc3)C2)CC1. The summed E-state index contributed by atoms with van der Waals surface area (Å²) in [5, 5.41) is 0. The normalized spacial score (nSPS) is 21.2. The zero-order valence-electron chi connectivity index (χ0n) is 18.5. The number of nitrogens with zero attached hydrogens (tertiary/aromatic N) is 3. The average molecular weight is 444 g/mol. The topological polar surface area (TPSA) is 53.1 Å². The van der Waals surface area contributed by atoms with Gasteiger partial charge >= 0.3 is 0 Å². The second-order valence-electron chi connectivity index (χ2n) is 8.64. The van der Waals surface area contributed by atoms with E-state index in [4.69, 9.17) is 4.74 Å². The molecule has 31 heavy (non-hydrogen) atoms. The van der Waals surface area contributed by atoms with Crippen molar-refractivity contribution in [3.8, 4) is 5.75 Å². The van der Waals surface area contributed by atoms with Crippen LogP contribution in [0.5, 0.6) is 5.75 Å². The minimum Gasteiger partial charge on any atom is -0.495 e. The highest BCUT2D eigenvalue weighted by atomic mass is 32.2. The smallest absolute Gasteiger partial charge is 0.243 e. The Morgan fingerprint density at radius 1 is 0.968 bits per heavy atom. The van der Waals surface area contributed by atoms with Gasteiger partial charge in [-0.1, -0.05) is 29.8 Å². The van der Waals surface area contributed by atoms with Crippen LogP contribution in [-0.2, 0) is 10.0 Å². The first-order chi connectivity index (χ1) is 15.0. The van der Waals surface area contributed by atoms with Crippen LogP contribution >= 0.6 is 0 Å². The van der Waals surface area contributed by atoms with Gasteiger partial charge in [0.05, 0.1) is 17.7 Å². The number of rotatable bonds is 6. The van der Waals surface area contributed by atoms with Crippen molar-refractivity contribution in [3.05, 3.63) is 54.1 Å². The molecule has 0 N–H and O–H groups in total. The van der Waals surface area contributed by atoms with Crippen LogP contribution in [0.1, 0.15) is 18.4 Å². The molecule has 0 radical (unpaired) electrons. The second kappa shape index (κ2) is 9.59. The third-order valence-electron chi connectivity index (χ3n) is 6.46. The van der Waals surface area contributed by atoms with Crippen LogP contribution in [0, 0.1) is 12.8 Å². The standard InChI is InChI=1S/C24H33N3O3S/c1-20-9-11-22(12-10-20)31(28,29)27-13-5-6-21(19-27)18-25-14-16-26(17-15-25)23-7-3-4-8-24(23)30-2/h3-4,7-12,21H,5-6,13-19H2,1-2H3. The number of ether oxygens (including phenoxy) is 1. The van der Waals surface area contributed by atoms with Crippen LogP contribution in [0.15, 0.2) is 53.4 Å². The van der Waals surface area contributed by atoms with E-state index in [-0.39, 0.29) is 0 Å². The third-order valence-corrected chi connectivity index (χ3v) is 8.33. The van der Waals surface area contributed by atoms with E-state index in [2.05, 4.69) is 21.9 Å². The predicted octanol–water partition coefficient (Wildman–Crippen LogP) is 3.23. The number of hydrogen-bond acceptors (Lipinski definition) is 5. The summed E-state index contributed by atoms with van der Waals surface area (Å²) in [5.41, 5.74) is 2.22. The van der Waals surface area contributed by atoms with Crippen LogP contribution < -0.4 is 9.64 Å². The maximum atomic E-state index is 13.1. The molecule has 2 aliphatic rings. The number of piperidine rings is 1. The number of benzene rings is 2. The van der Waals surface area contributed by atoms with Gasteiger partial charge in [0, 0.05) is 45.8 Å². The lowest BCUT2D eigenvalue weighted by Crippen LogP contribution is -2.50. The van der Waals surface area contributed by atoms with E-state index >= 15 is 0 Å². The van der Waals surface area contributed by atoms with Crippen molar-refractivity contribution in [1.82, 2.24) is 9.21 Å². The molecule has 2 aromatic carbocycles. The van der Waals surface area contributed by atoms with Gasteiger partial charge in [-0.2, -0.15) is 4.31 Å². The van der Waals surface area contributed by atoms with Gasteiger partial charge in [0.2, 0.25) is 10.0 Å². The van der Waals surface area contributed by atoms with E-state index in [0.29, 0.717) is 23.9 Å². The molecular weight excluding hydrogens is 410 g/mol. The Morgan fingerprint density at radius 2 is 1.68 bits per heavy atom. The Morgan fingerprint density at radius 3 is 2.39 bits per heavy atom. The number of anilines is 1. The van der Waals surface area contributed by atoms with Gasteiger partial charge < -0.3 is 9.64 Å². The van der Waals surface area contributed by atoms with Crippen LogP contribution in [-0.4, -0.2) is 70.5 Å². The van der Waals surface area contributed by atoms with E-state index in [1.54, 1.807) is 23.5 Å². The van der Waals surface area contributed by atoms with Gasteiger partial charge in [-0.25, -0.2) is 8.42 Å². The van der Waals surface area contributed by atoms with Gasteiger partial charge in [0.15, 0.2) is 0 Å². The zero-order chi connectivity index (χ0) is 21.8. The van der Waals surface area contributed by atoms with Crippen molar-refractivity contribution in [2.24, 2.45) is 5.92 Å². The molecule has 7 heteroatoms. The van der Waals surface area contributed by atoms with E-state index < -0.39 is 10.0 Å². The lowest BCUT2D eigenvalue weighted by atomic mass is 9.98. The van der Waals surface area contributed by atoms with Crippen molar-refractivity contribution in [3.63, 3.8) is 0 Å². The van der Waals surface area contributed by atoms with Gasteiger partial charge in [-0.15, -0.1) is 0 Å². The summed E-state index contributed by atoms with van der Waals surface area (Å²) in [5.74, 6) is 1.30. The highest BCUT2D eigenvalue weighted by molar-refractivity contribution is 7.89.